The Morgan fingerprint density at radius 1 is 1.47 bits per heavy atom. The molecule has 0 fully saturated rings. The van der Waals surface area contributed by atoms with Gasteiger partial charge in [-0.2, -0.15) is 5.10 Å². The summed E-state index contributed by atoms with van der Waals surface area (Å²) in [6.45, 7) is 3.06. The van der Waals surface area contributed by atoms with Gasteiger partial charge in [-0.1, -0.05) is 30.1 Å². The number of halogens is 2. The molecule has 4 nitrogen and oxygen atoms in total. The van der Waals surface area contributed by atoms with E-state index < -0.39 is 0 Å². The number of nitrogens with one attached hydrogen (secondary N) is 1. The van der Waals surface area contributed by atoms with Gasteiger partial charge in [0.15, 0.2) is 0 Å². The van der Waals surface area contributed by atoms with Crippen molar-refractivity contribution in [1.29, 1.82) is 0 Å². The molecule has 7 heteroatoms. The van der Waals surface area contributed by atoms with Crippen LogP contribution in [0.2, 0.25) is 8.67 Å². The third-order valence-corrected chi connectivity index (χ3v) is 4.41. The van der Waals surface area contributed by atoms with E-state index in [9.17, 15) is 0 Å². The molecule has 0 spiro atoms. The zero-order valence-corrected chi connectivity index (χ0v) is 13.2. The number of hydrogen-bond acceptors (Lipinski definition) is 4. The highest BCUT2D eigenvalue weighted by Crippen LogP contribution is 2.35. The second kappa shape index (κ2) is 6.70. The Kier molecular flexibility index (Phi) is 5.21. The molecular weight excluding hydrogens is 303 g/mol. The third kappa shape index (κ3) is 3.69. The summed E-state index contributed by atoms with van der Waals surface area (Å²) < 4.78 is 3.23. The van der Waals surface area contributed by atoms with Crippen LogP contribution in [0.15, 0.2) is 12.4 Å². The summed E-state index contributed by atoms with van der Waals surface area (Å²) >= 11 is 13.7. The van der Waals surface area contributed by atoms with Gasteiger partial charge in [-0.15, -0.1) is 11.3 Å². The lowest BCUT2D eigenvalue weighted by atomic mass is 10.1. The number of thiophene rings is 1. The van der Waals surface area contributed by atoms with E-state index in [0.717, 1.165) is 35.1 Å². The zero-order chi connectivity index (χ0) is 13.8. The van der Waals surface area contributed by atoms with Crippen molar-refractivity contribution in [3.63, 3.8) is 0 Å². The van der Waals surface area contributed by atoms with Gasteiger partial charge in [-0.25, -0.2) is 4.98 Å². The van der Waals surface area contributed by atoms with E-state index in [2.05, 4.69) is 22.3 Å². The predicted octanol–water partition coefficient (Wildman–Crippen LogP) is 3.47. The smallest absolute Gasteiger partial charge is 0.138 e. The summed E-state index contributed by atoms with van der Waals surface area (Å²) in [6.07, 6.45) is 3.36. The van der Waals surface area contributed by atoms with Crippen molar-refractivity contribution in [2.75, 3.05) is 6.54 Å². The number of rotatable bonds is 6. The van der Waals surface area contributed by atoms with Gasteiger partial charge in [0.05, 0.1) is 8.67 Å². The SMILES string of the molecule is CCCNC(Cc1ncnn1C)c1cc(Cl)sc1Cl. The average Bonchev–Trinajstić information content (AvgIpc) is 2.91. The maximum Gasteiger partial charge on any atom is 0.138 e. The molecular formula is C12H16Cl2N4S. The Labute approximate surface area is 126 Å². The molecule has 2 aromatic heterocycles. The van der Waals surface area contributed by atoms with Crippen LogP contribution in [-0.4, -0.2) is 21.3 Å². The number of hydrogen-bond donors (Lipinski definition) is 1. The molecule has 19 heavy (non-hydrogen) atoms. The van der Waals surface area contributed by atoms with Crippen molar-refractivity contribution in [1.82, 2.24) is 20.1 Å². The van der Waals surface area contributed by atoms with Gasteiger partial charge in [0.2, 0.25) is 0 Å². The van der Waals surface area contributed by atoms with E-state index in [1.807, 2.05) is 13.1 Å². The van der Waals surface area contributed by atoms with E-state index >= 15 is 0 Å². The molecule has 0 aliphatic carbocycles. The molecule has 0 bridgehead atoms. The van der Waals surface area contributed by atoms with E-state index in [-0.39, 0.29) is 6.04 Å². The Morgan fingerprint density at radius 2 is 2.26 bits per heavy atom. The monoisotopic (exact) mass is 318 g/mol. The van der Waals surface area contributed by atoms with Crippen molar-refractivity contribution in [3.8, 4) is 0 Å². The van der Waals surface area contributed by atoms with Gasteiger partial charge in [-0.3, -0.25) is 4.68 Å². The molecule has 2 heterocycles. The Hall–Kier alpha value is -0.620. The molecule has 1 N–H and O–H groups in total. The maximum absolute atomic E-state index is 6.25. The summed E-state index contributed by atoms with van der Waals surface area (Å²) in [7, 11) is 1.89. The fourth-order valence-corrected chi connectivity index (χ4v) is 3.47. The summed E-state index contributed by atoms with van der Waals surface area (Å²) in [6, 6.07) is 2.04. The second-order valence-electron chi connectivity index (χ2n) is 4.29. The van der Waals surface area contributed by atoms with E-state index in [1.54, 1.807) is 11.0 Å². The molecule has 2 rings (SSSR count). The van der Waals surface area contributed by atoms with E-state index in [1.165, 1.54) is 11.3 Å². The number of aromatic nitrogens is 3. The minimum atomic E-state index is 0.110. The van der Waals surface area contributed by atoms with Gasteiger partial charge in [-0.05, 0) is 19.0 Å². The fraction of sp³-hybridized carbons (Fsp3) is 0.500. The molecule has 1 atom stereocenters. The lowest BCUT2D eigenvalue weighted by molar-refractivity contribution is 0.508. The highest BCUT2D eigenvalue weighted by Gasteiger charge is 2.19. The van der Waals surface area contributed by atoms with Crippen molar-refractivity contribution in [3.05, 3.63) is 32.5 Å². The third-order valence-electron chi connectivity index (χ3n) is 2.89. The summed E-state index contributed by atoms with van der Waals surface area (Å²) in [4.78, 5) is 4.26. The van der Waals surface area contributed by atoms with Crippen LogP contribution in [0.4, 0.5) is 0 Å². The van der Waals surface area contributed by atoms with Crippen LogP contribution in [0.25, 0.3) is 0 Å². The predicted molar refractivity (Wildman–Crippen MR) is 80.1 cm³/mol. The summed E-state index contributed by atoms with van der Waals surface area (Å²) in [5, 5.41) is 7.58. The number of nitrogens with zero attached hydrogens (tertiary/aromatic N) is 3. The quantitative estimate of drug-likeness (QED) is 0.886. The summed E-state index contributed by atoms with van der Waals surface area (Å²) in [5.74, 6) is 0.923. The highest BCUT2D eigenvalue weighted by atomic mass is 35.5. The topological polar surface area (TPSA) is 42.7 Å². The largest absolute Gasteiger partial charge is 0.309 e. The van der Waals surface area contributed by atoms with Gasteiger partial charge in [0, 0.05) is 25.1 Å². The van der Waals surface area contributed by atoms with Crippen LogP contribution >= 0.6 is 34.5 Å². The van der Waals surface area contributed by atoms with Crippen molar-refractivity contribution in [2.24, 2.45) is 7.05 Å². The van der Waals surface area contributed by atoms with Crippen LogP contribution in [0, 0.1) is 0 Å². The molecule has 0 aromatic carbocycles. The molecule has 1 unspecified atom stereocenters. The highest BCUT2D eigenvalue weighted by molar-refractivity contribution is 7.20. The fourth-order valence-electron chi connectivity index (χ4n) is 1.89. The van der Waals surface area contributed by atoms with Gasteiger partial charge >= 0.3 is 0 Å². The van der Waals surface area contributed by atoms with Crippen LogP contribution < -0.4 is 5.32 Å². The van der Waals surface area contributed by atoms with Gasteiger partial charge in [0.25, 0.3) is 0 Å². The van der Waals surface area contributed by atoms with Crippen LogP contribution in [0.1, 0.15) is 30.8 Å². The summed E-state index contributed by atoms with van der Waals surface area (Å²) in [5.41, 5.74) is 1.04. The zero-order valence-electron chi connectivity index (χ0n) is 10.9. The molecule has 0 aliphatic rings. The van der Waals surface area contributed by atoms with Crippen LogP contribution in [0.3, 0.4) is 0 Å². The first kappa shape index (κ1) is 14.8. The minimum Gasteiger partial charge on any atom is -0.309 e. The molecule has 0 saturated heterocycles. The molecule has 2 aromatic rings. The van der Waals surface area contributed by atoms with Gasteiger partial charge in [0.1, 0.15) is 12.2 Å². The van der Waals surface area contributed by atoms with E-state index in [4.69, 9.17) is 23.2 Å². The second-order valence-corrected chi connectivity index (χ2v) is 6.58. The Bertz CT molecular complexity index is 538. The molecule has 0 aliphatic heterocycles. The first-order valence-corrected chi connectivity index (χ1v) is 7.70. The number of aryl methyl sites for hydroxylation is 1. The van der Waals surface area contributed by atoms with E-state index in [0.29, 0.717) is 4.34 Å². The lowest BCUT2D eigenvalue weighted by Gasteiger charge is -2.17. The average molecular weight is 319 g/mol. The molecule has 104 valence electrons. The minimum absolute atomic E-state index is 0.110. The maximum atomic E-state index is 6.25. The van der Waals surface area contributed by atoms with Crippen molar-refractivity contribution < 1.29 is 0 Å². The standard InChI is InChI=1S/C12H16Cl2N4S/c1-3-4-15-9(6-11-16-7-17-18(11)2)8-5-10(13)19-12(8)14/h5,7,9,15H,3-4,6H2,1-2H3. The first-order chi connectivity index (χ1) is 9.11. The Balaban J connectivity index is 2.20. The van der Waals surface area contributed by atoms with Crippen LogP contribution in [0.5, 0.6) is 0 Å². The van der Waals surface area contributed by atoms with Gasteiger partial charge < -0.3 is 5.32 Å². The van der Waals surface area contributed by atoms with Crippen molar-refractivity contribution >= 4 is 34.5 Å². The van der Waals surface area contributed by atoms with Crippen molar-refractivity contribution in [2.45, 2.75) is 25.8 Å². The van der Waals surface area contributed by atoms with Crippen LogP contribution in [-0.2, 0) is 13.5 Å². The molecule has 0 radical (unpaired) electrons. The normalized spacial score (nSPS) is 12.8. The Morgan fingerprint density at radius 3 is 2.79 bits per heavy atom. The first-order valence-electron chi connectivity index (χ1n) is 6.12. The molecule has 0 saturated carbocycles. The molecule has 0 amide bonds. The lowest BCUT2D eigenvalue weighted by Crippen LogP contribution is -2.25.